The van der Waals surface area contributed by atoms with E-state index >= 15 is 0 Å². The van der Waals surface area contributed by atoms with E-state index in [0.29, 0.717) is 18.7 Å². The Hall–Kier alpha value is -1.38. The molecular formula is C13H16FNO. The maximum atomic E-state index is 12.8. The molecular weight excluding hydrogens is 205 g/mol. The summed E-state index contributed by atoms with van der Waals surface area (Å²) in [6.45, 7) is 5.36. The predicted octanol–water partition coefficient (Wildman–Crippen LogP) is 2.63. The number of hydrogen-bond donors (Lipinski definition) is 0. The van der Waals surface area contributed by atoms with Gasteiger partial charge in [0.15, 0.2) is 0 Å². The number of halogens is 1. The van der Waals surface area contributed by atoms with Gasteiger partial charge in [-0.3, -0.25) is 4.79 Å². The first-order chi connectivity index (χ1) is 7.49. The molecule has 0 unspecified atom stereocenters. The van der Waals surface area contributed by atoms with Crippen LogP contribution in [0.25, 0.3) is 0 Å². The normalized spacial score (nSPS) is 19.9. The Morgan fingerprint density at radius 1 is 1.25 bits per heavy atom. The summed E-state index contributed by atoms with van der Waals surface area (Å²) in [6, 6.07) is 6.44. The third-order valence-electron chi connectivity index (χ3n) is 3.14. The summed E-state index contributed by atoms with van der Waals surface area (Å²) in [4.78, 5) is 13.8. The van der Waals surface area contributed by atoms with Crippen molar-refractivity contribution in [2.45, 2.75) is 20.3 Å². The van der Waals surface area contributed by atoms with Gasteiger partial charge in [0, 0.05) is 30.6 Å². The van der Waals surface area contributed by atoms with Crippen LogP contribution in [0.4, 0.5) is 10.1 Å². The molecule has 0 amide bonds. The summed E-state index contributed by atoms with van der Waals surface area (Å²) in [7, 11) is 0. The highest BCUT2D eigenvalue weighted by Gasteiger charge is 2.34. The Kier molecular flexibility index (Phi) is 2.70. The molecule has 1 saturated heterocycles. The highest BCUT2D eigenvalue weighted by atomic mass is 19.1. The molecule has 0 aliphatic carbocycles. The molecule has 0 atom stereocenters. The summed E-state index contributed by atoms with van der Waals surface area (Å²) >= 11 is 0. The van der Waals surface area contributed by atoms with Crippen molar-refractivity contribution in [2.24, 2.45) is 5.41 Å². The number of hydrogen-bond acceptors (Lipinski definition) is 2. The van der Waals surface area contributed by atoms with Gasteiger partial charge < -0.3 is 4.90 Å². The summed E-state index contributed by atoms with van der Waals surface area (Å²) in [5, 5.41) is 0. The van der Waals surface area contributed by atoms with E-state index in [1.807, 2.05) is 13.8 Å². The van der Waals surface area contributed by atoms with E-state index in [-0.39, 0.29) is 11.2 Å². The SMILES string of the molecule is CC1(C)CN(c2ccc(F)cc2)CCC1=O. The number of ketones is 1. The van der Waals surface area contributed by atoms with Crippen molar-refractivity contribution in [3.8, 4) is 0 Å². The Bertz CT molecular complexity index is 397. The third kappa shape index (κ3) is 2.08. The molecule has 1 fully saturated rings. The van der Waals surface area contributed by atoms with E-state index in [1.165, 1.54) is 12.1 Å². The van der Waals surface area contributed by atoms with Crippen molar-refractivity contribution >= 4 is 11.5 Å². The van der Waals surface area contributed by atoms with Crippen LogP contribution in [0.3, 0.4) is 0 Å². The Morgan fingerprint density at radius 3 is 2.44 bits per heavy atom. The number of anilines is 1. The minimum absolute atomic E-state index is 0.226. The van der Waals surface area contributed by atoms with Gasteiger partial charge in [-0.2, -0.15) is 0 Å². The van der Waals surface area contributed by atoms with Crippen LogP contribution in [0.15, 0.2) is 24.3 Å². The zero-order valence-electron chi connectivity index (χ0n) is 9.66. The van der Waals surface area contributed by atoms with Crippen LogP contribution in [0, 0.1) is 11.2 Å². The maximum Gasteiger partial charge on any atom is 0.142 e. The van der Waals surface area contributed by atoms with E-state index in [9.17, 15) is 9.18 Å². The topological polar surface area (TPSA) is 20.3 Å². The van der Waals surface area contributed by atoms with E-state index in [4.69, 9.17) is 0 Å². The minimum Gasteiger partial charge on any atom is -0.370 e. The van der Waals surface area contributed by atoms with Gasteiger partial charge in [-0.15, -0.1) is 0 Å². The fourth-order valence-corrected chi connectivity index (χ4v) is 2.09. The van der Waals surface area contributed by atoms with Crippen LogP contribution in [0.1, 0.15) is 20.3 Å². The first kappa shape index (κ1) is 11.1. The van der Waals surface area contributed by atoms with Gasteiger partial charge in [-0.25, -0.2) is 4.39 Å². The van der Waals surface area contributed by atoms with Crippen molar-refractivity contribution in [3.63, 3.8) is 0 Å². The molecule has 2 rings (SSSR count). The first-order valence-electron chi connectivity index (χ1n) is 5.53. The smallest absolute Gasteiger partial charge is 0.142 e. The molecule has 3 heteroatoms. The maximum absolute atomic E-state index is 12.8. The molecule has 1 aliphatic rings. The lowest BCUT2D eigenvalue weighted by Gasteiger charge is -2.38. The number of nitrogens with zero attached hydrogens (tertiary/aromatic N) is 1. The molecule has 0 saturated carbocycles. The number of benzene rings is 1. The minimum atomic E-state index is -0.299. The Morgan fingerprint density at radius 2 is 1.88 bits per heavy atom. The standard InChI is InChI=1S/C13H16FNO/c1-13(2)9-15(8-7-12(13)16)11-5-3-10(14)4-6-11/h3-6H,7-9H2,1-2H3. The molecule has 0 aromatic heterocycles. The number of carbonyl (C=O) groups excluding carboxylic acids is 1. The quantitative estimate of drug-likeness (QED) is 0.726. The van der Waals surface area contributed by atoms with Crippen LogP contribution < -0.4 is 4.90 Å². The average molecular weight is 221 g/mol. The van der Waals surface area contributed by atoms with Gasteiger partial charge in [-0.05, 0) is 24.3 Å². The summed E-state index contributed by atoms with van der Waals surface area (Å²) in [5.74, 6) is 0.0851. The number of piperidine rings is 1. The lowest BCUT2D eigenvalue weighted by molar-refractivity contribution is -0.127. The highest BCUT2D eigenvalue weighted by molar-refractivity contribution is 5.86. The first-order valence-corrected chi connectivity index (χ1v) is 5.53. The van der Waals surface area contributed by atoms with Crippen molar-refractivity contribution in [2.75, 3.05) is 18.0 Å². The monoisotopic (exact) mass is 221 g/mol. The van der Waals surface area contributed by atoms with Gasteiger partial charge >= 0.3 is 0 Å². The Labute approximate surface area is 95.1 Å². The molecule has 0 radical (unpaired) electrons. The fraction of sp³-hybridized carbons (Fsp3) is 0.462. The molecule has 2 nitrogen and oxygen atoms in total. The molecule has 1 heterocycles. The van der Waals surface area contributed by atoms with E-state index < -0.39 is 0 Å². The average Bonchev–Trinajstić information content (AvgIpc) is 2.23. The van der Waals surface area contributed by atoms with Crippen LogP contribution >= 0.6 is 0 Å². The van der Waals surface area contributed by atoms with Crippen molar-refractivity contribution < 1.29 is 9.18 Å². The molecule has 0 bridgehead atoms. The van der Waals surface area contributed by atoms with Crippen molar-refractivity contribution in [3.05, 3.63) is 30.1 Å². The second-order valence-corrected chi connectivity index (χ2v) is 4.96. The second kappa shape index (κ2) is 3.89. The van der Waals surface area contributed by atoms with Gasteiger partial charge in [-0.1, -0.05) is 13.8 Å². The summed E-state index contributed by atoms with van der Waals surface area (Å²) in [6.07, 6.45) is 0.574. The summed E-state index contributed by atoms with van der Waals surface area (Å²) < 4.78 is 12.8. The van der Waals surface area contributed by atoms with Crippen molar-refractivity contribution in [1.29, 1.82) is 0 Å². The second-order valence-electron chi connectivity index (χ2n) is 4.96. The number of Topliss-reactive ketones (excluding diaryl/α,β-unsaturated/α-hetero) is 1. The van der Waals surface area contributed by atoms with E-state index in [1.54, 1.807) is 12.1 Å². The summed E-state index contributed by atoms with van der Waals surface area (Å²) in [5.41, 5.74) is 0.689. The number of carbonyl (C=O) groups is 1. The van der Waals surface area contributed by atoms with Crippen LogP contribution in [0.2, 0.25) is 0 Å². The molecule has 1 aliphatic heterocycles. The zero-order valence-corrected chi connectivity index (χ0v) is 9.66. The zero-order chi connectivity index (χ0) is 11.8. The third-order valence-corrected chi connectivity index (χ3v) is 3.14. The number of rotatable bonds is 1. The van der Waals surface area contributed by atoms with Crippen molar-refractivity contribution in [1.82, 2.24) is 0 Å². The largest absolute Gasteiger partial charge is 0.370 e. The van der Waals surface area contributed by atoms with Gasteiger partial charge in [0.2, 0.25) is 0 Å². The molecule has 16 heavy (non-hydrogen) atoms. The lowest BCUT2D eigenvalue weighted by Crippen LogP contribution is -2.46. The highest BCUT2D eigenvalue weighted by Crippen LogP contribution is 2.28. The van der Waals surface area contributed by atoms with Gasteiger partial charge in [0.25, 0.3) is 0 Å². The fourth-order valence-electron chi connectivity index (χ4n) is 2.09. The Balaban J connectivity index is 2.18. The van der Waals surface area contributed by atoms with Crippen LogP contribution in [0.5, 0.6) is 0 Å². The molecule has 86 valence electrons. The van der Waals surface area contributed by atoms with Gasteiger partial charge in [0.1, 0.15) is 11.6 Å². The van der Waals surface area contributed by atoms with E-state index in [2.05, 4.69) is 4.90 Å². The van der Waals surface area contributed by atoms with Crippen LogP contribution in [-0.2, 0) is 4.79 Å². The van der Waals surface area contributed by atoms with Gasteiger partial charge in [0.05, 0.1) is 0 Å². The predicted molar refractivity (Wildman–Crippen MR) is 62.0 cm³/mol. The van der Waals surface area contributed by atoms with Crippen LogP contribution in [-0.4, -0.2) is 18.9 Å². The molecule has 0 spiro atoms. The lowest BCUT2D eigenvalue weighted by atomic mass is 9.82. The van der Waals surface area contributed by atoms with E-state index in [0.717, 1.165) is 12.2 Å². The molecule has 1 aromatic rings. The molecule has 0 N–H and O–H groups in total. The molecule has 1 aromatic carbocycles.